The molecule has 0 heterocycles. The summed E-state index contributed by atoms with van der Waals surface area (Å²) in [5.41, 5.74) is 5.50. The zero-order valence-electron chi connectivity index (χ0n) is 10.8. The number of rotatable bonds is 3. The van der Waals surface area contributed by atoms with E-state index in [1.807, 2.05) is 0 Å². The number of anilines is 2. The van der Waals surface area contributed by atoms with Crippen LogP contribution in [0.3, 0.4) is 0 Å². The Hall–Kier alpha value is -2.22. The van der Waals surface area contributed by atoms with Gasteiger partial charge in [0.05, 0.1) is 10.6 Å². The lowest BCUT2D eigenvalue weighted by Crippen LogP contribution is -2.15. The molecule has 8 heteroatoms. The minimum Gasteiger partial charge on any atom is -0.399 e. The molecule has 0 amide bonds. The van der Waals surface area contributed by atoms with Crippen LogP contribution in [-0.4, -0.2) is 8.42 Å². The second-order valence-electron chi connectivity index (χ2n) is 4.43. The topological polar surface area (TPSA) is 72.2 Å². The quantitative estimate of drug-likeness (QED) is 0.675. The Bertz CT molecular complexity index is 787. The number of nitrogens with one attached hydrogen (secondary N) is 1. The van der Waals surface area contributed by atoms with Crippen molar-refractivity contribution >= 4 is 21.4 Å². The van der Waals surface area contributed by atoms with Crippen molar-refractivity contribution in [3.63, 3.8) is 0 Å². The van der Waals surface area contributed by atoms with Crippen LogP contribution in [0.5, 0.6) is 0 Å². The van der Waals surface area contributed by atoms with Gasteiger partial charge < -0.3 is 5.73 Å². The van der Waals surface area contributed by atoms with Crippen molar-refractivity contribution in [2.75, 3.05) is 10.5 Å². The molecule has 0 unspecified atom stereocenters. The van der Waals surface area contributed by atoms with E-state index >= 15 is 0 Å². The van der Waals surface area contributed by atoms with Gasteiger partial charge in [0.2, 0.25) is 0 Å². The molecule has 2 rings (SSSR count). The van der Waals surface area contributed by atoms with E-state index in [9.17, 15) is 21.6 Å². The van der Waals surface area contributed by atoms with Gasteiger partial charge in [0.1, 0.15) is 5.82 Å². The lowest BCUT2D eigenvalue weighted by molar-refractivity contribution is 0.498. The largest absolute Gasteiger partial charge is 0.399 e. The van der Waals surface area contributed by atoms with Crippen molar-refractivity contribution in [3.8, 4) is 0 Å². The smallest absolute Gasteiger partial charge is 0.262 e. The zero-order valence-corrected chi connectivity index (χ0v) is 11.6. The van der Waals surface area contributed by atoms with E-state index in [1.54, 1.807) is 17.7 Å². The Labute approximate surface area is 119 Å². The highest BCUT2D eigenvalue weighted by Gasteiger charge is 2.19. The standard InChI is InChI=1S/C13H11F3N2O2S/c1-7-2-9(17)6-10(3-7)21(19,20)18-12-5-8(14)4-11(15)13(12)16/h2-6,18H,17H2,1H3. The average Bonchev–Trinajstić information content (AvgIpc) is 2.33. The third-order valence-corrected chi connectivity index (χ3v) is 3.97. The lowest BCUT2D eigenvalue weighted by atomic mass is 10.2. The number of hydrogen-bond donors (Lipinski definition) is 2. The lowest BCUT2D eigenvalue weighted by Gasteiger charge is -2.11. The Balaban J connectivity index is 2.47. The summed E-state index contributed by atoms with van der Waals surface area (Å²) in [6.45, 7) is 1.62. The van der Waals surface area contributed by atoms with Gasteiger partial charge in [-0.15, -0.1) is 0 Å². The van der Waals surface area contributed by atoms with Crippen LogP contribution >= 0.6 is 0 Å². The summed E-state index contributed by atoms with van der Waals surface area (Å²) in [6, 6.07) is 4.86. The van der Waals surface area contributed by atoms with Crippen molar-refractivity contribution in [3.05, 3.63) is 53.3 Å². The molecule has 0 radical (unpaired) electrons. The first-order chi connectivity index (χ1) is 9.69. The molecule has 0 aliphatic rings. The van der Waals surface area contributed by atoms with E-state index in [2.05, 4.69) is 0 Å². The molecule has 112 valence electrons. The number of nitrogens with two attached hydrogens (primary N) is 1. The maximum absolute atomic E-state index is 13.5. The summed E-state index contributed by atoms with van der Waals surface area (Å²) in [6.07, 6.45) is 0. The summed E-state index contributed by atoms with van der Waals surface area (Å²) >= 11 is 0. The molecule has 21 heavy (non-hydrogen) atoms. The van der Waals surface area contributed by atoms with Crippen molar-refractivity contribution in [1.82, 2.24) is 0 Å². The van der Waals surface area contributed by atoms with Crippen LogP contribution in [0.15, 0.2) is 35.2 Å². The molecule has 0 spiro atoms. The van der Waals surface area contributed by atoms with E-state index in [0.29, 0.717) is 17.7 Å². The van der Waals surface area contributed by atoms with Crippen LogP contribution in [0.1, 0.15) is 5.56 Å². The van der Waals surface area contributed by atoms with Crippen LogP contribution < -0.4 is 10.5 Å². The van der Waals surface area contributed by atoms with Crippen LogP contribution in [0.25, 0.3) is 0 Å². The van der Waals surface area contributed by atoms with E-state index < -0.39 is 33.2 Å². The summed E-state index contributed by atoms with van der Waals surface area (Å²) in [4.78, 5) is -0.232. The first-order valence-corrected chi connectivity index (χ1v) is 7.22. The Morgan fingerprint density at radius 3 is 2.33 bits per heavy atom. The number of hydrogen-bond acceptors (Lipinski definition) is 3. The molecule has 0 aromatic heterocycles. The van der Waals surface area contributed by atoms with E-state index in [0.717, 1.165) is 6.07 Å². The van der Waals surface area contributed by atoms with E-state index in [4.69, 9.17) is 5.73 Å². The SMILES string of the molecule is Cc1cc(N)cc(S(=O)(=O)Nc2cc(F)cc(F)c2F)c1. The minimum absolute atomic E-state index is 0.196. The first-order valence-electron chi connectivity index (χ1n) is 5.73. The molecule has 0 atom stereocenters. The fourth-order valence-electron chi connectivity index (χ4n) is 1.77. The Kier molecular flexibility index (Phi) is 3.82. The number of benzene rings is 2. The van der Waals surface area contributed by atoms with Crippen LogP contribution in [0.4, 0.5) is 24.5 Å². The molecule has 3 N–H and O–H groups in total. The van der Waals surface area contributed by atoms with Crippen molar-refractivity contribution in [2.45, 2.75) is 11.8 Å². The zero-order chi connectivity index (χ0) is 15.8. The fraction of sp³-hybridized carbons (Fsp3) is 0.0769. The van der Waals surface area contributed by atoms with Gasteiger partial charge in [0.15, 0.2) is 11.6 Å². The van der Waals surface area contributed by atoms with Gasteiger partial charge in [-0.05, 0) is 30.7 Å². The maximum Gasteiger partial charge on any atom is 0.262 e. The van der Waals surface area contributed by atoms with E-state index in [-0.39, 0.29) is 10.6 Å². The van der Waals surface area contributed by atoms with Crippen molar-refractivity contribution in [1.29, 1.82) is 0 Å². The maximum atomic E-state index is 13.5. The Morgan fingerprint density at radius 2 is 1.71 bits per heavy atom. The summed E-state index contributed by atoms with van der Waals surface area (Å²) in [7, 11) is -4.22. The van der Waals surface area contributed by atoms with E-state index in [1.165, 1.54) is 6.07 Å². The van der Waals surface area contributed by atoms with Crippen molar-refractivity contribution in [2.24, 2.45) is 0 Å². The van der Waals surface area contributed by atoms with Crippen molar-refractivity contribution < 1.29 is 21.6 Å². The normalized spacial score (nSPS) is 11.4. The molecule has 0 saturated carbocycles. The molecule has 0 saturated heterocycles. The summed E-state index contributed by atoms with van der Waals surface area (Å²) in [5, 5.41) is 0. The molecule has 2 aromatic carbocycles. The number of aryl methyl sites for hydroxylation is 1. The molecule has 0 aliphatic carbocycles. The number of nitrogen functional groups attached to an aromatic ring is 1. The molecule has 4 nitrogen and oxygen atoms in total. The third-order valence-electron chi connectivity index (χ3n) is 2.62. The first kappa shape index (κ1) is 15.2. The molecule has 2 aromatic rings. The van der Waals surface area contributed by atoms with Gasteiger partial charge in [0, 0.05) is 17.8 Å². The molecular formula is C13H11F3N2O2S. The van der Waals surface area contributed by atoms with Crippen LogP contribution in [-0.2, 0) is 10.0 Å². The second kappa shape index (κ2) is 5.28. The van der Waals surface area contributed by atoms with Gasteiger partial charge in [-0.2, -0.15) is 0 Å². The molecule has 0 aliphatic heterocycles. The highest BCUT2D eigenvalue weighted by atomic mass is 32.2. The summed E-state index contributed by atoms with van der Waals surface area (Å²) in [5.74, 6) is -4.08. The fourth-order valence-corrected chi connectivity index (χ4v) is 2.95. The minimum atomic E-state index is -4.22. The van der Waals surface area contributed by atoms with Gasteiger partial charge >= 0.3 is 0 Å². The average molecular weight is 316 g/mol. The van der Waals surface area contributed by atoms with Gasteiger partial charge in [-0.1, -0.05) is 0 Å². The second-order valence-corrected chi connectivity index (χ2v) is 6.12. The predicted molar refractivity (Wildman–Crippen MR) is 72.7 cm³/mol. The highest BCUT2D eigenvalue weighted by Crippen LogP contribution is 2.24. The highest BCUT2D eigenvalue weighted by molar-refractivity contribution is 7.92. The van der Waals surface area contributed by atoms with Crippen LogP contribution in [0, 0.1) is 24.4 Å². The molecule has 0 bridgehead atoms. The molecule has 0 fully saturated rings. The van der Waals surface area contributed by atoms with Gasteiger partial charge in [-0.25, -0.2) is 21.6 Å². The molecular weight excluding hydrogens is 305 g/mol. The predicted octanol–water partition coefficient (Wildman–Crippen LogP) is 2.80. The van der Waals surface area contributed by atoms with Gasteiger partial charge in [-0.3, -0.25) is 4.72 Å². The van der Waals surface area contributed by atoms with Crippen LogP contribution in [0.2, 0.25) is 0 Å². The monoisotopic (exact) mass is 316 g/mol. The summed E-state index contributed by atoms with van der Waals surface area (Å²) < 4.78 is 65.6. The number of sulfonamides is 1. The Morgan fingerprint density at radius 1 is 1.05 bits per heavy atom. The number of halogens is 3. The third kappa shape index (κ3) is 3.27. The van der Waals surface area contributed by atoms with Gasteiger partial charge in [0.25, 0.3) is 10.0 Å².